The van der Waals surface area contributed by atoms with Gasteiger partial charge in [0.1, 0.15) is 5.75 Å². The number of nitrogens with zero attached hydrogens (tertiary/aromatic N) is 2. The van der Waals surface area contributed by atoms with Gasteiger partial charge in [0.25, 0.3) is 5.91 Å². The Kier molecular flexibility index (Phi) is 8.58. The van der Waals surface area contributed by atoms with Crippen LogP contribution in [0.3, 0.4) is 0 Å². The smallest absolute Gasteiger partial charge is 0.255 e. The molecule has 2 N–H and O–H groups in total. The Morgan fingerprint density at radius 1 is 1.03 bits per heavy atom. The van der Waals surface area contributed by atoms with E-state index in [1.54, 1.807) is 18.1 Å². The van der Waals surface area contributed by atoms with Gasteiger partial charge in [-0.1, -0.05) is 60.7 Å². The number of nitrogens with one attached hydrogen (secondary N) is 1. The van der Waals surface area contributed by atoms with Crippen LogP contribution in [0.5, 0.6) is 5.75 Å². The van der Waals surface area contributed by atoms with Crippen LogP contribution in [-0.2, 0) is 17.9 Å². The summed E-state index contributed by atoms with van der Waals surface area (Å²) in [6.07, 6.45) is 0.826. The van der Waals surface area contributed by atoms with Gasteiger partial charge in [-0.3, -0.25) is 9.59 Å². The SMILES string of the molecule is COc1ccccc1CN1C(=O)c2ccccc2[C@@H](C(=O)NCCCN(C)C)[C@@H]1c1ccc(CO)cc1. The molecule has 1 heterocycles. The van der Waals surface area contributed by atoms with E-state index in [0.717, 1.165) is 35.2 Å². The molecule has 37 heavy (non-hydrogen) atoms. The predicted octanol–water partition coefficient (Wildman–Crippen LogP) is 3.74. The van der Waals surface area contributed by atoms with Crippen molar-refractivity contribution in [1.29, 1.82) is 0 Å². The average Bonchev–Trinajstić information content (AvgIpc) is 2.92. The first-order valence-corrected chi connectivity index (χ1v) is 12.6. The third-order valence-corrected chi connectivity index (χ3v) is 6.84. The fraction of sp³-hybridized carbons (Fsp3) is 0.333. The first-order valence-electron chi connectivity index (χ1n) is 12.6. The molecule has 2 atom stereocenters. The van der Waals surface area contributed by atoms with Gasteiger partial charge in [0.05, 0.1) is 32.2 Å². The van der Waals surface area contributed by atoms with Crippen molar-refractivity contribution in [1.82, 2.24) is 15.1 Å². The highest BCUT2D eigenvalue weighted by atomic mass is 16.5. The standard InChI is InChI=1S/C30H35N3O4/c1-32(2)18-8-17-31-29(35)27-24-10-5-6-11-25(24)30(36)33(19-23-9-4-7-12-26(23)37-3)28(27)22-15-13-21(20-34)14-16-22/h4-7,9-16,27-28,34H,8,17-20H2,1-3H3,(H,31,35)/t27-,28+/m1/s1. The molecular formula is C30H35N3O4. The van der Waals surface area contributed by atoms with Crippen LogP contribution in [0.15, 0.2) is 72.8 Å². The van der Waals surface area contributed by atoms with Crippen molar-refractivity contribution >= 4 is 11.8 Å². The summed E-state index contributed by atoms with van der Waals surface area (Å²) in [4.78, 5) is 31.6. The van der Waals surface area contributed by atoms with Crippen molar-refractivity contribution in [2.45, 2.75) is 31.5 Å². The number of ether oxygens (including phenoxy) is 1. The molecule has 0 bridgehead atoms. The van der Waals surface area contributed by atoms with Gasteiger partial charge in [0.2, 0.25) is 5.91 Å². The second-order valence-electron chi connectivity index (χ2n) is 9.60. The van der Waals surface area contributed by atoms with Crippen molar-refractivity contribution < 1.29 is 19.4 Å². The number of amides is 2. The number of methoxy groups -OCH3 is 1. The Labute approximate surface area is 218 Å². The molecule has 0 saturated heterocycles. The molecule has 4 rings (SSSR count). The van der Waals surface area contributed by atoms with Crippen LogP contribution in [0.25, 0.3) is 0 Å². The monoisotopic (exact) mass is 501 g/mol. The number of carbonyl (C=O) groups excluding carboxylic acids is 2. The number of aliphatic hydroxyl groups is 1. The van der Waals surface area contributed by atoms with Crippen LogP contribution in [0, 0.1) is 0 Å². The molecule has 3 aromatic carbocycles. The highest BCUT2D eigenvalue weighted by molar-refractivity contribution is 6.01. The van der Waals surface area contributed by atoms with Gasteiger partial charge in [-0.2, -0.15) is 0 Å². The number of fused-ring (bicyclic) bond motifs is 1. The van der Waals surface area contributed by atoms with Crippen LogP contribution in [0.2, 0.25) is 0 Å². The summed E-state index contributed by atoms with van der Waals surface area (Å²) >= 11 is 0. The van der Waals surface area contributed by atoms with E-state index < -0.39 is 12.0 Å². The molecule has 0 saturated carbocycles. The zero-order valence-corrected chi connectivity index (χ0v) is 21.7. The van der Waals surface area contributed by atoms with Crippen molar-refractivity contribution in [2.24, 2.45) is 0 Å². The van der Waals surface area contributed by atoms with Gasteiger partial charge in [-0.25, -0.2) is 0 Å². The lowest BCUT2D eigenvalue weighted by Crippen LogP contribution is -2.47. The molecule has 1 aliphatic rings. The van der Waals surface area contributed by atoms with Crippen molar-refractivity contribution in [3.8, 4) is 5.75 Å². The molecule has 0 radical (unpaired) electrons. The quantitative estimate of drug-likeness (QED) is 0.414. The van der Waals surface area contributed by atoms with Gasteiger partial charge in [-0.15, -0.1) is 0 Å². The van der Waals surface area contributed by atoms with Crippen LogP contribution < -0.4 is 10.1 Å². The third kappa shape index (κ3) is 5.84. The first kappa shape index (κ1) is 26.4. The number of benzene rings is 3. The predicted molar refractivity (Wildman–Crippen MR) is 143 cm³/mol. The minimum atomic E-state index is -0.595. The average molecular weight is 502 g/mol. The molecular weight excluding hydrogens is 466 g/mol. The Hall–Kier alpha value is -3.68. The van der Waals surface area contributed by atoms with Crippen molar-refractivity contribution in [3.05, 3.63) is 101 Å². The van der Waals surface area contributed by atoms with E-state index >= 15 is 0 Å². The Bertz CT molecular complexity index is 1230. The Morgan fingerprint density at radius 2 is 1.73 bits per heavy atom. The van der Waals surface area contributed by atoms with E-state index in [1.165, 1.54) is 0 Å². The summed E-state index contributed by atoms with van der Waals surface area (Å²) in [7, 11) is 5.63. The van der Waals surface area contributed by atoms with E-state index in [1.807, 2.05) is 80.8 Å². The van der Waals surface area contributed by atoms with Gasteiger partial charge in [-0.05, 0) is 55.9 Å². The molecule has 194 valence electrons. The number of hydrogen-bond acceptors (Lipinski definition) is 5. The maximum absolute atomic E-state index is 13.9. The highest BCUT2D eigenvalue weighted by Crippen LogP contribution is 2.44. The summed E-state index contributed by atoms with van der Waals surface area (Å²) in [5.74, 6) is -0.148. The van der Waals surface area contributed by atoms with Gasteiger partial charge < -0.3 is 25.0 Å². The van der Waals surface area contributed by atoms with Crippen molar-refractivity contribution in [2.75, 3.05) is 34.3 Å². The Morgan fingerprint density at radius 3 is 2.43 bits per heavy atom. The summed E-state index contributed by atoms with van der Waals surface area (Å²) < 4.78 is 5.57. The van der Waals surface area contributed by atoms with E-state index in [-0.39, 0.29) is 25.0 Å². The van der Waals surface area contributed by atoms with E-state index in [9.17, 15) is 14.7 Å². The molecule has 0 fully saturated rings. The molecule has 2 amide bonds. The Balaban J connectivity index is 1.79. The molecule has 0 aliphatic carbocycles. The molecule has 0 unspecified atom stereocenters. The van der Waals surface area contributed by atoms with Gasteiger partial charge >= 0.3 is 0 Å². The summed E-state index contributed by atoms with van der Waals surface area (Å²) in [5, 5.41) is 12.7. The van der Waals surface area contributed by atoms with E-state index in [2.05, 4.69) is 10.2 Å². The maximum atomic E-state index is 13.9. The lowest BCUT2D eigenvalue weighted by Gasteiger charge is -2.42. The van der Waals surface area contributed by atoms with E-state index in [4.69, 9.17) is 4.74 Å². The summed E-state index contributed by atoms with van der Waals surface area (Å²) in [6.45, 7) is 1.62. The summed E-state index contributed by atoms with van der Waals surface area (Å²) in [5.41, 5.74) is 3.73. The molecule has 7 heteroatoms. The van der Waals surface area contributed by atoms with Crippen LogP contribution >= 0.6 is 0 Å². The fourth-order valence-corrected chi connectivity index (χ4v) is 4.98. The second-order valence-corrected chi connectivity index (χ2v) is 9.60. The fourth-order valence-electron chi connectivity index (χ4n) is 4.98. The number of hydrogen-bond donors (Lipinski definition) is 2. The minimum Gasteiger partial charge on any atom is -0.496 e. The zero-order valence-electron chi connectivity index (χ0n) is 21.7. The number of para-hydroxylation sites is 1. The van der Waals surface area contributed by atoms with Crippen molar-refractivity contribution in [3.63, 3.8) is 0 Å². The molecule has 7 nitrogen and oxygen atoms in total. The highest BCUT2D eigenvalue weighted by Gasteiger charge is 2.44. The maximum Gasteiger partial charge on any atom is 0.255 e. The van der Waals surface area contributed by atoms with Crippen LogP contribution in [0.1, 0.15) is 51.0 Å². The molecule has 0 spiro atoms. The third-order valence-electron chi connectivity index (χ3n) is 6.84. The topological polar surface area (TPSA) is 82.1 Å². The largest absolute Gasteiger partial charge is 0.496 e. The van der Waals surface area contributed by atoms with Gasteiger partial charge in [0, 0.05) is 17.7 Å². The van der Waals surface area contributed by atoms with Crippen LogP contribution in [0.4, 0.5) is 0 Å². The first-order chi connectivity index (χ1) is 17.9. The van der Waals surface area contributed by atoms with Crippen LogP contribution in [-0.4, -0.2) is 61.0 Å². The lowest BCUT2D eigenvalue weighted by atomic mass is 9.78. The lowest BCUT2D eigenvalue weighted by molar-refractivity contribution is -0.124. The molecule has 0 aromatic heterocycles. The number of rotatable bonds is 10. The molecule has 3 aromatic rings. The normalized spacial score (nSPS) is 17.0. The van der Waals surface area contributed by atoms with Gasteiger partial charge in [0.15, 0.2) is 0 Å². The summed E-state index contributed by atoms with van der Waals surface area (Å²) in [6, 6.07) is 22.0. The molecule has 1 aliphatic heterocycles. The van der Waals surface area contributed by atoms with E-state index in [0.29, 0.717) is 17.9 Å². The minimum absolute atomic E-state index is 0.0760. The zero-order chi connectivity index (χ0) is 26.4. The number of carbonyl (C=O) groups is 2. The second kappa shape index (κ2) is 12.0. The number of aliphatic hydroxyl groups excluding tert-OH is 1.